The first-order valence-corrected chi connectivity index (χ1v) is 3.69. The number of hydrogen-bond acceptors (Lipinski definition) is 1. The first-order chi connectivity index (χ1) is 4.72. The van der Waals surface area contributed by atoms with Crippen molar-refractivity contribution >= 4 is 24.0 Å². The normalized spacial score (nSPS) is 11.9. The minimum Gasteiger partial charge on any atom is -0.328 e. The van der Waals surface area contributed by atoms with Crippen molar-refractivity contribution in [2.45, 2.75) is 25.8 Å². The zero-order valence-corrected chi connectivity index (χ0v) is 9.45. The quantitative estimate of drug-likeness (QED) is 0.601. The van der Waals surface area contributed by atoms with Crippen LogP contribution in [-0.4, -0.2) is 6.04 Å². The van der Waals surface area contributed by atoms with Crippen molar-refractivity contribution in [1.82, 2.24) is 0 Å². The van der Waals surface area contributed by atoms with Crippen molar-refractivity contribution in [3.63, 3.8) is 0 Å². The van der Waals surface area contributed by atoms with E-state index in [2.05, 4.69) is 13.2 Å². The van der Waals surface area contributed by atoms with E-state index < -0.39 is 0 Å². The van der Waals surface area contributed by atoms with E-state index in [1.165, 1.54) is 0 Å². The Kier molecular flexibility index (Phi) is 10.3. The fraction of sp³-hybridized carbons (Fsp3) is 0.556. The lowest BCUT2D eigenvalue weighted by Gasteiger charge is -2.16. The fourth-order valence-corrected chi connectivity index (χ4v) is 0.954. The molecule has 0 amide bonds. The zero-order chi connectivity index (χ0) is 7.98. The second-order valence-corrected chi connectivity index (χ2v) is 2.67. The minimum absolute atomic E-state index is 0. The van der Waals surface area contributed by atoms with E-state index in [-0.39, 0.29) is 30.0 Å². The first kappa shape index (κ1) is 13.7. The van der Waals surface area contributed by atoms with Gasteiger partial charge >= 0.3 is 0 Å². The smallest absolute Gasteiger partial charge is 0.00446 e. The van der Waals surface area contributed by atoms with Gasteiger partial charge in [0.2, 0.25) is 0 Å². The lowest BCUT2D eigenvalue weighted by atomic mass is 9.95. The largest absolute Gasteiger partial charge is 0.328 e. The Morgan fingerprint density at radius 3 is 1.82 bits per heavy atom. The molecular weight excluding hydrogens is 249 g/mol. The number of allylic oxidation sites excluding steroid dienone is 2. The molecular formula is C9H18IN. The van der Waals surface area contributed by atoms with Crippen molar-refractivity contribution in [3.05, 3.63) is 25.3 Å². The molecule has 0 aromatic rings. The van der Waals surface area contributed by atoms with Gasteiger partial charge in [0.15, 0.2) is 0 Å². The molecule has 0 aliphatic carbocycles. The fourth-order valence-electron chi connectivity index (χ4n) is 0.954. The number of nitrogens with two attached hydrogens (primary N) is 1. The molecule has 1 nitrogen and oxygen atoms in total. The highest BCUT2D eigenvalue weighted by Crippen LogP contribution is 2.12. The van der Waals surface area contributed by atoms with E-state index in [4.69, 9.17) is 5.73 Å². The van der Waals surface area contributed by atoms with E-state index in [0.29, 0.717) is 5.92 Å². The molecule has 0 bridgehead atoms. The molecule has 2 heteroatoms. The van der Waals surface area contributed by atoms with Crippen LogP contribution in [0.5, 0.6) is 0 Å². The van der Waals surface area contributed by atoms with Crippen molar-refractivity contribution in [3.8, 4) is 0 Å². The summed E-state index contributed by atoms with van der Waals surface area (Å²) in [5.74, 6) is 0.523. The van der Waals surface area contributed by atoms with Gasteiger partial charge < -0.3 is 5.73 Å². The molecule has 0 heterocycles. The highest BCUT2D eigenvalue weighted by atomic mass is 127. The van der Waals surface area contributed by atoms with Gasteiger partial charge in [-0.25, -0.2) is 0 Å². The second-order valence-electron chi connectivity index (χ2n) is 2.67. The summed E-state index contributed by atoms with van der Waals surface area (Å²) in [6, 6.07) is 0.246. The molecule has 66 valence electrons. The van der Waals surface area contributed by atoms with Crippen molar-refractivity contribution in [2.24, 2.45) is 11.7 Å². The van der Waals surface area contributed by atoms with Crippen molar-refractivity contribution in [2.75, 3.05) is 0 Å². The van der Waals surface area contributed by atoms with Gasteiger partial charge in [0.05, 0.1) is 0 Å². The minimum atomic E-state index is 0. The molecule has 0 fully saturated rings. The number of hydrogen-bond donors (Lipinski definition) is 1. The van der Waals surface area contributed by atoms with Crippen LogP contribution in [0.25, 0.3) is 0 Å². The van der Waals surface area contributed by atoms with Crippen molar-refractivity contribution < 1.29 is 0 Å². The predicted octanol–water partition coefficient (Wildman–Crippen LogP) is 2.72. The Morgan fingerprint density at radius 2 is 1.64 bits per heavy atom. The van der Waals surface area contributed by atoms with Crippen LogP contribution in [0.3, 0.4) is 0 Å². The molecule has 0 aromatic carbocycles. The van der Waals surface area contributed by atoms with Crippen LogP contribution < -0.4 is 5.73 Å². The molecule has 1 unspecified atom stereocenters. The SMILES string of the molecule is C=CCC(CC=C)C(C)N.I. The third-order valence-corrected chi connectivity index (χ3v) is 1.68. The summed E-state index contributed by atoms with van der Waals surface area (Å²) in [7, 11) is 0. The Morgan fingerprint density at radius 1 is 1.27 bits per heavy atom. The first-order valence-electron chi connectivity index (χ1n) is 3.69. The molecule has 0 rings (SSSR count). The highest BCUT2D eigenvalue weighted by molar-refractivity contribution is 14.0. The lowest BCUT2D eigenvalue weighted by Crippen LogP contribution is -2.25. The third-order valence-electron chi connectivity index (χ3n) is 1.68. The summed E-state index contributed by atoms with van der Waals surface area (Å²) in [4.78, 5) is 0. The Labute approximate surface area is 86.8 Å². The van der Waals surface area contributed by atoms with Gasteiger partial charge in [0.25, 0.3) is 0 Å². The summed E-state index contributed by atoms with van der Waals surface area (Å²) in [5, 5.41) is 0. The van der Waals surface area contributed by atoms with Crippen LogP contribution in [0.2, 0.25) is 0 Å². The molecule has 0 saturated carbocycles. The lowest BCUT2D eigenvalue weighted by molar-refractivity contribution is 0.454. The van der Waals surface area contributed by atoms with Gasteiger partial charge in [-0.1, -0.05) is 12.2 Å². The van der Waals surface area contributed by atoms with Crippen LogP contribution in [0.15, 0.2) is 25.3 Å². The zero-order valence-electron chi connectivity index (χ0n) is 7.12. The van der Waals surface area contributed by atoms with E-state index in [1.54, 1.807) is 0 Å². The van der Waals surface area contributed by atoms with E-state index in [1.807, 2.05) is 19.1 Å². The summed E-state index contributed by atoms with van der Waals surface area (Å²) in [6.45, 7) is 9.38. The average Bonchev–Trinajstić information content (AvgIpc) is 1.87. The molecule has 1 atom stereocenters. The van der Waals surface area contributed by atoms with Crippen LogP contribution in [0.4, 0.5) is 0 Å². The van der Waals surface area contributed by atoms with Gasteiger partial charge in [-0.3, -0.25) is 0 Å². The van der Waals surface area contributed by atoms with Crippen LogP contribution in [-0.2, 0) is 0 Å². The standard InChI is InChI=1S/C9H17N.HI/c1-4-6-9(7-5-2)8(3)10;/h4-5,8-9H,1-2,6-7,10H2,3H3;1H. The Balaban J connectivity index is 0. The molecule has 11 heavy (non-hydrogen) atoms. The van der Waals surface area contributed by atoms with Gasteiger partial charge in [0.1, 0.15) is 0 Å². The van der Waals surface area contributed by atoms with Gasteiger partial charge in [-0.15, -0.1) is 37.1 Å². The number of halogens is 1. The van der Waals surface area contributed by atoms with E-state index in [9.17, 15) is 0 Å². The second kappa shape index (κ2) is 8.27. The van der Waals surface area contributed by atoms with E-state index in [0.717, 1.165) is 12.8 Å². The molecule has 0 aliphatic rings. The van der Waals surface area contributed by atoms with E-state index >= 15 is 0 Å². The Bertz CT molecular complexity index is 100. The van der Waals surface area contributed by atoms with Crippen LogP contribution in [0.1, 0.15) is 19.8 Å². The molecule has 0 spiro atoms. The maximum Gasteiger partial charge on any atom is 0.00446 e. The van der Waals surface area contributed by atoms with Gasteiger partial charge in [0, 0.05) is 6.04 Å². The molecule has 0 aromatic heterocycles. The third kappa shape index (κ3) is 6.56. The predicted molar refractivity (Wildman–Crippen MR) is 62.2 cm³/mol. The molecule has 0 radical (unpaired) electrons. The monoisotopic (exact) mass is 267 g/mol. The highest BCUT2D eigenvalue weighted by Gasteiger charge is 2.08. The maximum atomic E-state index is 5.71. The molecule has 2 N–H and O–H groups in total. The molecule has 0 aliphatic heterocycles. The maximum absolute atomic E-state index is 5.71. The summed E-state index contributed by atoms with van der Waals surface area (Å²) < 4.78 is 0. The van der Waals surface area contributed by atoms with Crippen molar-refractivity contribution in [1.29, 1.82) is 0 Å². The molecule has 0 saturated heterocycles. The topological polar surface area (TPSA) is 26.0 Å². The number of rotatable bonds is 5. The van der Waals surface area contributed by atoms with Crippen LogP contribution in [0, 0.1) is 5.92 Å². The summed E-state index contributed by atoms with van der Waals surface area (Å²) in [5.41, 5.74) is 5.71. The average molecular weight is 267 g/mol. The van der Waals surface area contributed by atoms with Gasteiger partial charge in [-0.05, 0) is 25.7 Å². The Hall–Kier alpha value is 0.170. The summed E-state index contributed by atoms with van der Waals surface area (Å²) >= 11 is 0. The van der Waals surface area contributed by atoms with Gasteiger partial charge in [-0.2, -0.15) is 0 Å². The summed E-state index contributed by atoms with van der Waals surface area (Å²) in [6.07, 6.45) is 5.81. The van der Waals surface area contributed by atoms with Crippen LogP contribution >= 0.6 is 24.0 Å².